The third kappa shape index (κ3) is 2.57. The highest BCUT2D eigenvalue weighted by Gasteiger charge is 2.38. The van der Waals surface area contributed by atoms with Crippen LogP contribution in [-0.2, 0) is 10.0 Å². The van der Waals surface area contributed by atoms with Gasteiger partial charge in [-0.2, -0.15) is 5.10 Å². The predicted octanol–water partition coefficient (Wildman–Crippen LogP) is 0.949. The fourth-order valence-corrected chi connectivity index (χ4v) is 4.01. The van der Waals surface area contributed by atoms with E-state index in [2.05, 4.69) is 10.2 Å². The third-order valence-electron chi connectivity index (χ3n) is 4.33. The van der Waals surface area contributed by atoms with Crippen molar-refractivity contribution in [1.82, 2.24) is 15.1 Å². The molecule has 1 unspecified atom stereocenters. The number of nitrogens with two attached hydrogens (primary N) is 1. The number of nitrogens with one attached hydrogen (secondary N) is 1. The highest BCUT2D eigenvalue weighted by molar-refractivity contribution is 7.89. The van der Waals surface area contributed by atoms with Gasteiger partial charge in [-0.25, -0.2) is 13.6 Å². The molecule has 8 heteroatoms. The molecule has 1 saturated heterocycles. The lowest BCUT2D eigenvalue weighted by Gasteiger charge is -2.22. The third-order valence-corrected chi connectivity index (χ3v) is 5.31. The van der Waals surface area contributed by atoms with Crippen molar-refractivity contribution in [2.24, 2.45) is 5.14 Å². The molecule has 1 atom stereocenters. The number of carbonyl (C=O) groups is 1. The average Bonchev–Trinajstić information content (AvgIpc) is 3.01. The van der Waals surface area contributed by atoms with Gasteiger partial charge in [-0.05, 0) is 32.1 Å². The Balaban J connectivity index is 2.00. The van der Waals surface area contributed by atoms with E-state index in [9.17, 15) is 13.2 Å². The molecule has 7 nitrogen and oxygen atoms in total. The second-order valence-corrected chi connectivity index (χ2v) is 7.34. The molecule has 0 radical (unpaired) electrons. The summed E-state index contributed by atoms with van der Waals surface area (Å²) in [4.78, 5) is 14.3. The molecule has 2 heterocycles. The van der Waals surface area contributed by atoms with Gasteiger partial charge in [-0.1, -0.05) is 6.92 Å². The summed E-state index contributed by atoms with van der Waals surface area (Å²) in [6.45, 7) is 2.67. The fraction of sp³-hybridized carbons (Fsp3) is 0.692. The number of sulfonamides is 1. The predicted molar refractivity (Wildman–Crippen MR) is 76.3 cm³/mol. The summed E-state index contributed by atoms with van der Waals surface area (Å²) < 4.78 is 23.8. The van der Waals surface area contributed by atoms with Crippen LogP contribution in [0.5, 0.6) is 0 Å². The van der Waals surface area contributed by atoms with Crippen molar-refractivity contribution < 1.29 is 13.2 Å². The van der Waals surface area contributed by atoms with E-state index in [0.29, 0.717) is 12.2 Å². The van der Waals surface area contributed by atoms with Gasteiger partial charge in [-0.3, -0.25) is 9.89 Å². The monoisotopic (exact) mass is 312 g/mol. The van der Waals surface area contributed by atoms with Gasteiger partial charge in [0.25, 0.3) is 5.91 Å². The average molecular weight is 312 g/mol. The number of aromatic nitrogens is 2. The van der Waals surface area contributed by atoms with E-state index in [1.54, 1.807) is 4.90 Å². The molecule has 1 aromatic rings. The van der Waals surface area contributed by atoms with Crippen LogP contribution in [0.1, 0.15) is 61.1 Å². The smallest absolute Gasteiger partial charge is 0.276 e. The highest BCUT2D eigenvalue weighted by Crippen LogP contribution is 2.42. The van der Waals surface area contributed by atoms with Crippen molar-refractivity contribution in [2.75, 3.05) is 6.54 Å². The molecule has 116 valence electrons. The van der Waals surface area contributed by atoms with Crippen molar-refractivity contribution in [3.05, 3.63) is 11.4 Å². The molecule has 0 aromatic carbocycles. The van der Waals surface area contributed by atoms with Crippen molar-refractivity contribution in [3.8, 4) is 0 Å². The van der Waals surface area contributed by atoms with Gasteiger partial charge < -0.3 is 4.90 Å². The molecular weight excluding hydrogens is 292 g/mol. The first kappa shape index (κ1) is 14.5. The molecule has 1 aliphatic carbocycles. The Morgan fingerprint density at radius 1 is 1.43 bits per heavy atom. The Morgan fingerprint density at radius 3 is 2.71 bits per heavy atom. The molecule has 1 aromatic heterocycles. The minimum absolute atomic E-state index is 0.0419. The lowest BCUT2D eigenvalue weighted by molar-refractivity contribution is 0.0723. The Labute approximate surface area is 123 Å². The van der Waals surface area contributed by atoms with Gasteiger partial charge in [0.15, 0.2) is 5.69 Å². The quantitative estimate of drug-likeness (QED) is 0.862. The van der Waals surface area contributed by atoms with Crippen LogP contribution >= 0.6 is 0 Å². The first-order chi connectivity index (χ1) is 9.93. The Hall–Kier alpha value is -1.41. The minimum atomic E-state index is -3.97. The van der Waals surface area contributed by atoms with Crippen LogP contribution < -0.4 is 5.14 Å². The molecule has 1 saturated carbocycles. The van der Waals surface area contributed by atoms with E-state index < -0.39 is 10.0 Å². The van der Waals surface area contributed by atoms with Crippen molar-refractivity contribution in [1.29, 1.82) is 0 Å². The van der Waals surface area contributed by atoms with Gasteiger partial charge in [-0.15, -0.1) is 0 Å². The maximum absolute atomic E-state index is 12.7. The number of rotatable bonds is 4. The number of aromatic amines is 1. The highest BCUT2D eigenvalue weighted by atomic mass is 32.2. The van der Waals surface area contributed by atoms with Crippen molar-refractivity contribution in [2.45, 2.75) is 55.9 Å². The van der Waals surface area contributed by atoms with E-state index in [1.807, 2.05) is 6.92 Å². The first-order valence-corrected chi connectivity index (χ1v) is 8.90. The number of likely N-dealkylation sites (tertiary alicyclic amines) is 1. The maximum atomic E-state index is 12.7. The summed E-state index contributed by atoms with van der Waals surface area (Å²) >= 11 is 0. The second-order valence-electron chi connectivity index (χ2n) is 5.84. The Kier molecular flexibility index (Phi) is 3.53. The molecule has 1 aliphatic heterocycles. The molecule has 2 aliphatic rings. The van der Waals surface area contributed by atoms with E-state index in [0.717, 1.165) is 32.1 Å². The molecule has 3 N–H and O–H groups in total. The van der Waals surface area contributed by atoms with E-state index in [1.165, 1.54) is 0 Å². The summed E-state index contributed by atoms with van der Waals surface area (Å²) in [5, 5.41) is 12.0. The van der Waals surface area contributed by atoms with Crippen LogP contribution in [0.4, 0.5) is 0 Å². The SMILES string of the molecule is CCC1CCCN1C(=O)c1n[nH]c(C2CC2)c1S(N)(=O)=O. The lowest BCUT2D eigenvalue weighted by atomic mass is 10.1. The van der Waals surface area contributed by atoms with Crippen LogP contribution in [-0.4, -0.2) is 42.0 Å². The number of amides is 1. The van der Waals surface area contributed by atoms with Crippen LogP contribution in [0.25, 0.3) is 0 Å². The lowest BCUT2D eigenvalue weighted by Crippen LogP contribution is -2.36. The van der Waals surface area contributed by atoms with E-state index in [-0.39, 0.29) is 28.5 Å². The molecular formula is C13H20N4O3S. The zero-order chi connectivity index (χ0) is 15.2. The van der Waals surface area contributed by atoms with E-state index >= 15 is 0 Å². The summed E-state index contributed by atoms with van der Waals surface area (Å²) in [6, 6.07) is 0.159. The number of primary sulfonamides is 1. The van der Waals surface area contributed by atoms with Gasteiger partial charge in [0.1, 0.15) is 4.90 Å². The zero-order valence-corrected chi connectivity index (χ0v) is 12.8. The van der Waals surface area contributed by atoms with Crippen LogP contribution in [0, 0.1) is 0 Å². The maximum Gasteiger partial charge on any atom is 0.276 e. The number of hydrogen-bond acceptors (Lipinski definition) is 4. The second kappa shape index (κ2) is 5.10. The van der Waals surface area contributed by atoms with E-state index in [4.69, 9.17) is 5.14 Å². The fourth-order valence-electron chi connectivity index (χ4n) is 3.09. The number of nitrogens with zero attached hydrogens (tertiary/aromatic N) is 2. The summed E-state index contributed by atoms with van der Waals surface area (Å²) in [7, 11) is -3.97. The van der Waals surface area contributed by atoms with Crippen molar-refractivity contribution in [3.63, 3.8) is 0 Å². The molecule has 3 rings (SSSR count). The molecule has 21 heavy (non-hydrogen) atoms. The standard InChI is InChI=1S/C13H20N4O3S/c1-2-9-4-3-7-17(9)13(18)11-12(21(14,19)20)10(15-16-11)8-5-6-8/h8-9H,2-7H2,1H3,(H,15,16)(H2,14,19,20). The normalized spacial score (nSPS) is 22.8. The molecule has 2 fully saturated rings. The number of hydrogen-bond donors (Lipinski definition) is 2. The van der Waals surface area contributed by atoms with Gasteiger partial charge in [0, 0.05) is 18.5 Å². The summed E-state index contributed by atoms with van der Waals surface area (Å²) in [6.07, 6.45) is 4.55. The first-order valence-electron chi connectivity index (χ1n) is 7.35. The Morgan fingerprint density at radius 2 is 2.14 bits per heavy atom. The van der Waals surface area contributed by atoms with Gasteiger partial charge in [0.2, 0.25) is 10.0 Å². The molecule has 0 spiro atoms. The van der Waals surface area contributed by atoms with Crippen LogP contribution in [0.2, 0.25) is 0 Å². The summed E-state index contributed by atoms with van der Waals surface area (Å²) in [5.74, 6) is -0.195. The summed E-state index contributed by atoms with van der Waals surface area (Å²) in [5.41, 5.74) is 0.452. The van der Waals surface area contributed by atoms with Gasteiger partial charge >= 0.3 is 0 Å². The molecule has 1 amide bonds. The minimum Gasteiger partial charge on any atom is -0.334 e. The number of carbonyl (C=O) groups excluding carboxylic acids is 1. The van der Waals surface area contributed by atoms with Crippen LogP contribution in [0.3, 0.4) is 0 Å². The largest absolute Gasteiger partial charge is 0.334 e. The topological polar surface area (TPSA) is 109 Å². The van der Waals surface area contributed by atoms with Crippen LogP contribution in [0.15, 0.2) is 4.90 Å². The zero-order valence-electron chi connectivity index (χ0n) is 12.0. The van der Waals surface area contributed by atoms with Gasteiger partial charge in [0.05, 0.1) is 5.69 Å². The Bertz CT molecular complexity index is 663. The number of H-pyrrole nitrogens is 1. The van der Waals surface area contributed by atoms with Crippen molar-refractivity contribution >= 4 is 15.9 Å². The molecule has 0 bridgehead atoms.